The summed E-state index contributed by atoms with van der Waals surface area (Å²) in [5.41, 5.74) is 3.51. The molecule has 1 saturated heterocycles. The van der Waals surface area contributed by atoms with Gasteiger partial charge in [0.2, 0.25) is 0 Å². The van der Waals surface area contributed by atoms with E-state index in [-0.39, 0.29) is 12.3 Å². The molecule has 7 nitrogen and oxygen atoms in total. The molecule has 0 aliphatic carbocycles. The van der Waals surface area contributed by atoms with E-state index in [1.165, 1.54) is 11.3 Å². The van der Waals surface area contributed by atoms with Gasteiger partial charge >= 0.3 is 5.97 Å². The molecule has 0 spiro atoms. The molecule has 3 heterocycles. The van der Waals surface area contributed by atoms with E-state index in [4.69, 9.17) is 9.47 Å². The molecule has 1 N–H and O–H groups in total. The van der Waals surface area contributed by atoms with Crippen molar-refractivity contribution in [2.45, 2.75) is 19.4 Å². The van der Waals surface area contributed by atoms with Gasteiger partial charge in [-0.1, -0.05) is 48.5 Å². The summed E-state index contributed by atoms with van der Waals surface area (Å²) in [6.45, 7) is 3.87. The molecule has 3 aromatic rings. The average molecular weight is 477 g/mol. The molecule has 2 amide bonds. The first kappa shape index (κ1) is 22.3. The summed E-state index contributed by atoms with van der Waals surface area (Å²) in [7, 11) is 0. The van der Waals surface area contributed by atoms with Crippen LogP contribution in [-0.2, 0) is 20.7 Å². The number of rotatable bonds is 4. The van der Waals surface area contributed by atoms with Crippen LogP contribution in [0.3, 0.4) is 0 Å². The van der Waals surface area contributed by atoms with Crippen molar-refractivity contribution in [3.8, 4) is 10.4 Å². The van der Waals surface area contributed by atoms with Gasteiger partial charge in [0.05, 0.1) is 24.3 Å². The number of hydrogen-bond donors (Lipinski definition) is 1. The number of carbonyl (C=O) groups excluding carboxylic acids is 3. The molecule has 0 saturated carbocycles. The molecule has 34 heavy (non-hydrogen) atoms. The summed E-state index contributed by atoms with van der Waals surface area (Å²) in [5, 5.41) is 3.37. The molecular formula is C26H24N2O5S. The van der Waals surface area contributed by atoms with Crippen molar-refractivity contribution in [2.24, 2.45) is 0 Å². The number of cyclic esters (lactones) is 1. The van der Waals surface area contributed by atoms with Crippen LogP contribution in [-0.4, -0.2) is 55.1 Å². The van der Waals surface area contributed by atoms with Gasteiger partial charge in [-0.3, -0.25) is 9.59 Å². The van der Waals surface area contributed by atoms with Gasteiger partial charge < -0.3 is 19.7 Å². The number of hydrogen-bond acceptors (Lipinski definition) is 6. The third-order valence-electron chi connectivity index (χ3n) is 6.12. The Morgan fingerprint density at radius 2 is 1.74 bits per heavy atom. The van der Waals surface area contributed by atoms with Crippen LogP contribution in [0.2, 0.25) is 0 Å². The van der Waals surface area contributed by atoms with Gasteiger partial charge in [-0.2, -0.15) is 0 Å². The molecule has 1 fully saturated rings. The Hall–Kier alpha value is -3.49. The average Bonchev–Trinajstić information content (AvgIpc) is 3.20. The number of anilines is 1. The minimum Gasteiger partial charge on any atom is -0.448 e. The monoisotopic (exact) mass is 476 g/mol. The highest BCUT2D eigenvalue weighted by Crippen LogP contribution is 2.41. The zero-order chi connectivity index (χ0) is 23.7. The molecule has 2 aliphatic heterocycles. The van der Waals surface area contributed by atoms with Gasteiger partial charge in [0.1, 0.15) is 5.00 Å². The van der Waals surface area contributed by atoms with E-state index in [0.717, 1.165) is 21.6 Å². The quantitative estimate of drug-likeness (QED) is 0.577. The summed E-state index contributed by atoms with van der Waals surface area (Å²) >= 11 is 1.36. The first-order valence-electron chi connectivity index (χ1n) is 11.2. The molecule has 5 rings (SSSR count). The maximum absolute atomic E-state index is 13.5. The number of nitrogens with zero attached hydrogens (tertiary/aromatic N) is 1. The van der Waals surface area contributed by atoms with Crippen LogP contribution in [0, 0.1) is 6.92 Å². The summed E-state index contributed by atoms with van der Waals surface area (Å²) in [6, 6.07) is 16.9. The number of benzene rings is 2. The lowest BCUT2D eigenvalue weighted by Crippen LogP contribution is -2.41. The van der Waals surface area contributed by atoms with Crippen LogP contribution >= 0.6 is 11.3 Å². The fourth-order valence-electron chi connectivity index (χ4n) is 4.32. The molecule has 0 unspecified atom stereocenters. The summed E-state index contributed by atoms with van der Waals surface area (Å²) < 4.78 is 10.8. The number of ether oxygens (including phenoxy) is 2. The van der Waals surface area contributed by atoms with Crippen molar-refractivity contribution < 1.29 is 23.9 Å². The van der Waals surface area contributed by atoms with Crippen molar-refractivity contribution in [2.75, 3.05) is 31.6 Å². The number of nitrogens with one attached hydrogen (secondary N) is 1. The van der Waals surface area contributed by atoms with Crippen LogP contribution in [0.25, 0.3) is 10.4 Å². The van der Waals surface area contributed by atoms with Crippen molar-refractivity contribution >= 4 is 34.1 Å². The molecule has 1 aromatic heterocycles. The SMILES string of the molecule is Cc1c(-c2ccccc2)sc(NC(=O)[C@@H]2Cc3ccccc3C(=O)O2)c1C(=O)N1CCOCC1. The summed E-state index contributed by atoms with van der Waals surface area (Å²) in [5.74, 6) is -1.10. The van der Waals surface area contributed by atoms with E-state index in [9.17, 15) is 14.4 Å². The molecule has 0 bridgehead atoms. The van der Waals surface area contributed by atoms with Crippen molar-refractivity contribution in [1.82, 2.24) is 4.90 Å². The van der Waals surface area contributed by atoms with Gasteiger partial charge in [-0.25, -0.2) is 4.79 Å². The molecule has 2 aromatic carbocycles. The lowest BCUT2D eigenvalue weighted by molar-refractivity contribution is -0.125. The molecular weight excluding hydrogens is 452 g/mol. The maximum atomic E-state index is 13.5. The predicted octanol–water partition coefficient (Wildman–Crippen LogP) is 3.92. The van der Waals surface area contributed by atoms with Crippen LogP contribution in [0.4, 0.5) is 5.00 Å². The first-order valence-corrected chi connectivity index (χ1v) is 12.0. The van der Waals surface area contributed by atoms with Gasteiger partial charge in [-0.15, -0.1) is 11.3 Å². The number of esters is 1. The topological polar surface area (TPSA) is 84.9 Å². The van der Waals surface area contributed by atoms with Gasteiger partial charge in [0.25, 0.3) is 11.8 Å². The second-order valence-corrected chi connectivity index (χ2v) is 9.30. The molecule has 2 aliphatic rings. The van der Waals surface area contributed by atoms with Crippen LogP contribution < -0.4 is 5.32 Å². The molecule has 1 atom stereocenters. The van der Waals surface area contributed by atoms with Gasteiger partial charge in [0, 0.05) is 24.4 Å². The first-order chi connectivity index (χ1) is 16.5. The van der Waals surface area contributed by atoms with Crippen molar-refractivity contribution in [3.63, 3.8) is 0 Å². The molecule has 0 radical (unpaired) electrons. The largest absolute Gasteiger partial charge is 0.448 e. The second kappa shape index (κ2) is 9.40. The van der Waals surface area contributed by atoms with Gasteiger partial charge in [0.15, 0.2) is 6.10 Å². The fraction of sp³-hybridized carbons (Fsp3) is 0.269. The number of amides is 2. The Morgan fingerprint density at radius 3 is 2.50 bits per heavy atom. The Bertz CT molecular complexity index is 1250. The van der Waals surface area contributed by atoms with Crippen LogP contribution in [0.5, 0.6) is 0 Å². The third kappa shape index (κ3) is 4.22. The van der Waals surface area contributed by atoms with Crippen molar-refractivity contribution in [1.29, 1.82) is 0 Å². The Balaban J connectivity index is 1.47. The number of carbonyl (C=O) groups is 3. The molecule has 174 valence electrons. The minimum absolute atomic E-state index is 0.138. The Morgan fingerprint density at radius 1 is 1.03 bits per heavy atom. The highest BCUT2D eigenvalue weighted by atomic mass is 32.1. The summed E-state index contributed by atoms with van der Waals surface area (Å²) in [6.07, 6.45) is -0.674. The standard InChI is InChI=1S/C26H24N2O5S/c1-16-21(25(30)28-11-13-32-14-12-28)24(34-22(16)17-7-3-2-4-8-17)27-23(29)20-15-18-9-5-6-10-19(18)26(31)33-20/h2-10,20H,11-15H2,1H3,(H,27,29)/t20-/m0/s1. The van der Waals surface area contributed by atoms with E-state index in [1.54, 1.807) is 17.0 Å². The third-order valence-corrected chi connectivity index (χ3v) is 7.37. The number of morpholine rings is 1. The molecule has 8 heteroatoms. The fourth-order valence-corrected chi connectivity index (χ4v) is 5.53. The maximum Gasteiger partial charge on any atom is 0.339 e. The normalized spacial score (nSPS) is 17.6. The highest BCUT2D eigenvalue weighted by Gasteiger charge is 2.33. The zero-order valence-electron chi connectivity index (χ0n) is 18.7. The lowest BCUT2D eigenvalue weighted by Gasteiger charge is -2.27. The van der Waals surface area contributed by atoms with Crippen molar-refractivity contribution in [3.05, 3.63) is 76.9 Å². The van der Waals surface area contributed by atoms with Gasteiger partial charge in [-0.05, 0) is 29.7 Å². The number of fused-ring (bicyclic) bond motifs is 1. The smallest absolute Gasteiger partial charge is 0.339 e. The zero-order valence-corrected chi connectivity index (χ0v) is 19.5. The van der Waals surface area contributed by atoms with E-state index in [1.807, 2.05) is 49.4 Å². The van der Waals surface area contributed by atoms with E-state index in [0.29, 0.717) is 42.4 Å². The van der Waals surface area contributed by atoms with Crippen LogP contribution in [0.15, 0.2) is 54.6 Å². The minimum atomic E-state index is -0.962. The van der Waals surface area contributed by atoms with E-state index >= 15 is 0 Å². The van der Waals surface area contributed by atoms with E-state index in [2.05, 4.69) is 5.32 Å². The Kier molecular flexibility index (Phi) is 6.17. The predicted molar refractivity (Wildman–Crippen MR) is 129 cm³/mol. The lowest BCUT2D eigenvalue weighted by atomic mass is 9.98. The highest BCUT2D eigenvalue weighted by molar-refractivity contribution is 7.20. The van der Waals surface area contributed by atoms with E-state index < -0.39 is 18.0 Å². The Labute approximate surface area is 201 Å². The van der Waals surface area contributed by atoms with Crippen LogP contribution in [0.1, 0.15) is 31.8 Å². The number of thiophene rings is 1. The summed E-state index contributed by atoms with van der Waals surface area (Å²) in [4.78, 5) is 41.8. The second-order valence-electron chi connectivity index (χ2n) is 8.28.